The second-order valence-corrected chi connectivity index (χ2v) is 5.83. The van der Waals surface area contributed by atoms with E-state index in [9.17, 15) is 18.0 Å². The lowest BCUT2D eigenvalue weighted by Gasteiger charge is -2.30. The summed E-state index contributed by atoms with van der Waals surface area (Å²) in [5.74, 6) is -1.33. The lowest BCUT2D eigenvalue weighted by atomic mass is 10.3. The number of hydrogen-bond acceptors (Lipinski definition) is 5. The molecule has 1 fully saturated rings. The molecule has 1 unspecified atom stereocenters. The van der Waals surface area contributed by atoms with Crippen LogP contribution in [0, 0.1) is 0 Å². The molecule has 4 N–H and O–H groups in total. The summed E-state index contributed by atoms with van der Waals surface area (Å²) in [5, 5.41) is 16.1. The number of carbonyl (C=O) groups is 2. The van der Waals surface area contributed by atoms with Crippen molar-refractivity contribution in [2.75, 3.05) is 32.0 Å². The monoisotopic (exact) mass is 295 g/mol. The number of primary sulfonamides is 1. The fourth-order valence-corrected chi connectivity index (χ4v) is 2.11. The predicted octanol–water partition coefficient (Wildman–Crippen LogP) is -1.84. The minimum Gasteiger partial charge on any atom is -0.479 e. The minimum atomic E-state index is -3.53. The molecule has 2 amide bonds. The zero-order chi connectivity index (χ0) is 14.5. The lowest BCUT2D eigenvalue weighted by molar-refractivity contribution is -0.154. The van der Waals surface area contributed by atoms with Crippen molar-refractivity contribution < 1.29 is 27.9 Å². The van der Waals surface area contributed by atoms with Crippen LogP contribution in [0.1, 0.15) is 6.42 Å². The van der Waals surface area contributed by atoms with Crippen molar-refractivity contribution in [1.29, 1.82) is 0 Å². The summed E-state index contributed by atoms with van der Waals surface area (Å²) in [6.07, 6.45) is -0.819. The Hall–Kier alpha value is -1.39. The zero-order valence-corrected chi connectivity index (χ0v) is 11.1. The van der Waals surface area contributed by atoms with Gasteiger partial charge >= 0.3 is 12.0 Å². The van der Waals surface area contributed by atoms with Gasteiger partial charge in [-0.2, -0.15) is 0 Å². The third kappa shape index (κ3) is 5.85. The van der Waals surface area contributed by atoms with Gasteiger partial charge in [-0.1, -0.05) is 0 Å². The number of carboxylic acid groups (broad SMARTS) is 1. The van der Waals surface area contributed by atoms with Gasteiger partial charge in [0.1, 0.15) is 0 Å². The number of amides is 2. The Bertz CT molecular complexity index is 437. The normalized spacial score (nSPS) is 20.1. The summed E-state index contributed by atoms with van der Waals surface area (Å²) in [6, 6.07) is -0.441. The SMILES string of the molecule is NS(=O)(=O)CCCNC(=O)N1CCOC(C(=O)O)C1. The number of sulfonamides is 1. The third-order valence-corrected chi connectivity index (χ3v) is 3.37. The molecule has 10 heteroatoms. The van der Waals surface area contributed by atoms with Crippen molar-refractivity contribution in [2.45, 2.75) is 12.5 Å². The molecule has 19 heavy (non-hydrogen) atoms. The van der Waals surface area contributed by atoms with Crippen LogP contribution in [0.15, 0.2) is 0 Å². The smallest absolute Gasteiger partial charge is 0.334 e. The number of carboxylic acids is 1. The first-order valence-electron chi connectivity index (χ1n) is 5.67. The molecule has 0 radical (unpaired) electrons. The van der Waals surface area contributed by atoms with E-state index in [2.05, 4.69) is 5.32 Å². The van der Waals surface area contributed by atoms with Crippen molar-refractivity contribution in [1.82, 2.24) is 10.2 Å². The van der Waals surface area contributed by atoms with Crippen molar-refractivity contribution in [3.63, 3.8) is 0 Å². The van der Waals surface area contributed by atoms with Crippen LogP contribution >= 0.6 is 0 Å². The van der Waals surface area contributed by atoms with Gasteiger partial charge in [-0.3, -0.25) is 0 Å². The fraction of sp³-hybridized carbons (Fsp3) is 0.778. The Labute approximate surface area is 110 Å². The molecule has 0 saturated carbocycles. The summed E-state index contributed by atoms with van der Waals surface area (Å²) >= 11 is 0. The maximum atomic E-state index is 11.7. The molecule has 0 aromatic carbocycles. The highest BCUT2D eigenvalue weighted by atomic mass is 32.2. The number of morpholine rings is 1. The van der Waals surface area contributed by atoms with Crippen LogP contribution < -0.4 is 10.5 Å². The zero-order valence-electron chi connectivity index (χ0n) is 10.2. The summed E-state index contributed by atoms with van der Waals surface area (Å²) in [6.45, 7) is 0.576. The third-order valence-electron chi connectivity index (χ3n) is 2.51. The van der Waals surface area contributed by atoms with Crippen LogP contribution in [0.3, 0.4) is 0 Å². The van der Waals surface area contributed by atoms with Crippen LogP contribution in [0.4, 0.5) is 4.79 Å². The minimum absolute atomic E-state index is 0.0314. The largest absolute Gasteiger partial charge is 0.479 e. The van der Waals surface area contributed by atoms with Gasteiger partial charge in [-0.15, -0.1) is 0 Å². The number of urea groups is 1. The van der Waals surface area contributed by atoms with Gasteiger partial charge in [-0.25, -0.2) is 23.1 Å². The number of rotatable bonds is 5. The van der Waals surface area contributed by atoms with E-state index in [0.717, 1.165) is 0 Å². The van der Waals surface area contributed by atoms with Gasteiger partial charge in [0.25, 0.3) is 0 Å². The molecule has 0 spiro atoms. The molecule has 0 aromatic heterocycles. The van der Waals surface area contributed by atoms with E-state index < -0.39 is 28.1 Å². The molecule has 9 nitrogen and oxygen atoms in total. The Balaban J connectivity index is 2.31. The maximum absolute atomic E-state index is 11.7. The second-order valence-electron chi connectivity index (χ2n) is 4.10. The number of nitrogens with one attached hydrogen (secondary N) is 1. The highest BCUT2D eigenvalue weighted by Crippen LogP contribution is 2.05. The Morgan fingerprint density at radius 2 is 2.16 bits per heavy atom. The summed E-state index contributed by atoms with van der Waals surface area (Å²) < 4.78 is 26.3. The molecular formula is C9H17N3O6S. The van der Waals surface area contributed by atoms with Gasteiger partial charge in [0.15, 0.2) is 6.10 Å². The van der Waals surface area contributed by atoms with E-state index in [-0.39, 0.29) is 31.9 Å². The molecule has 1 saturated heterocycles. The standard InChI is InChI=1S/C9H17N3O6S/c10-19(16,17)5-1-2-11-9(15)12-3-4-18-7(6-12)8(13)14/h7H,1-6H2,(H,11,15)(H,13,14)(H2,10,16,17). The summed E-state index contributed by atoms with van der Waals surface area (Å²) in [5.41, 5.74) is 0. The Kier molecular flexibility index (Phi) is 5.51. The second kappa shape index (κ2) is 6.68. The molecule has 1 aliphatic heterocycles. The van der Waals surface area contributed by atoms with Gasteiger partial charge in [0, 0.05) is 13.1 Å². The van der Waals surface area contributed by atoms with Gasteiger partial charge in [-0.05, 0) is 6.42 Å². The number of ether oxygens (including phenoxy) is 1. The van der Waals surface area contributed by atoms with Gasteiger partial charge in [0.2, 0.25) is 10.0 Å². The van der Waals surface area contributed by atoms with E-state index in [1.54, 1.807) is 0 Å². The van der Waals surface area contributed by atoms with Crippen LogP contribution in [0.25, 0.3) is 0 Å². The van der Waals surface area contributed by atoms with Gasteiger partial charge < -0.3 is 20.1 Å². The van der Waals surface area contributed by atoms with E-state index in [1.807, 2.05) is 0 Å². The first-order valence-corrected chi connectivity index (χ1v) is 7.39. The van der Waals surface area contributed by atoms with Crippen LogP contribution in [0.2, 0.25) is 0 Å². The number of nitrogens with zero attached hydrogens (tertiary/aromatic N) is 1. The maximum Gasteiger partial charge on any atom is 0.334 e. The topological polar surface area (TPSA) is 139 Å². The molecule has 1 atom stereocenters. The number of aliphatic carboxylic acids is 1. The molecule has 1 rings (SSSR count). The number of hydrogen-bond donors (Lipinski definition) is 3. The fourth-order valence-electron chi connectivity index (χ4n) is 1.56. The predicted molar refractivity (Wildman–Crippen MR) is 64.9 cm³/mol. The summed E-state index contributed by atoms with van der Waals surface area (Å²) in [7, 11) is -3.53. The average molecular weight is 295 g/mol. The quantitative estimate of drug-likeness (QED) is 0.509. The lowest BCUT2D eigenvalue weighted by Crippen LogP contribution is -2.51. The van der Waals surface area contributed by atoms with Gasteiger partial charge in [0.05, 0.1) is 18.9 Å². The van der Waals surface area contributed by atoms with E-state index >= 15 is 0 Å². The molecule has 0 aromatic rings. The van der Waals surface area contributed by atoms with E-state index in [0.29, 0.717) is 6.54 Å². The molecule has 0 bridgehead atoms. The van der Waals surface area contributed by atoms with Crippen LogP contribution in [0.5, 0.6) is 0 Å². The Morgan fingerprint density at radius 1 is 1.47 bits per heavy atom. The molecule has 110 valence electrons. The highest BCUT2D eigenvalue weighted by molar-refractivity contribution is 7.89. The molecule has 1 heterocycles. The van der Waals surface area contributed by atoms with E-state index in [1.165, 1.54) is 4.90 Å². The van der Waals surface area contributed by atoms with Crippen molar-refractivity contribution >= 4 is 22.0 Å². The first-order chi connectivity index (χ1) is 8.79. The van der Waals surface area contributed by atoms with E-state index in [4.69, 9.17) is 15.0 Å². The highest BCUT2D eigenvalue weighted by Gasteiger charge is 2.28. The van der Waals surface area contributed by atoms with Crippen molar-refractivity contribution in [3.8, 4) is 0 Å². The van der Waals surface area contributed by atoms with Crippen LogP contribution in [-0.4, -0.2) is 68.5 Å². The van der Waals surface area contributed by atoms with Crippen molar-refractivity contribution in [2.24, 2.45) is 5.14 Å². The summed E-state index contributed by atoms with van der Waals surface area (Å²) in [4.78, 5) is 23.7. The average Bonchev–Trinajstić information content (AvgIpc) is 2.33. The first kappa shape index (κ1) is 15.7. The number of nitrogens with two attached hydrogens (primary N) is 1. The molecular weight excluding hydrogens is 278 g/mol. The van der Waals surface area contributed by atoms with Crippen LogP contribution in [-0.2, 0) is 19.6 Å². The Morgan fingerprint density at radius 3 is 2.74 bits per heavy atom. The molecule has 1 aliphatic rings. The number of carbonyl (C=O) groups excluding carboxylic acids is 1. The molecule has 0 aliphatic carbocycles. The van der Waals surface area contributed by atoms with Crippen molar-refractivity contribution in [3.05, 3.63) is 0 Å².